The largest absolute Gasteiger partial charge is 0.378 e. The van der Waals surface area contributed by atoms with Gasteiger partial charge in [-0.2, -0.15) is 0 Å². The van der Waals surface area contributed by atoms with Crippen LogP contribution in [0.15, 0.2) is 30.5 Å². The Morgan fingerprint density at radius 1 is 1.12 bits per heavy atom. The van der Waals surface area contributed by atoms with Crippen LogP contribution in [0.4, 0.5) is 5.69 Å². The topological polar surface area (TPSA) is 17.0 Å². The molecule has 90 valence electrons. The van der Waals surface area contributed by atoms with Gasteiger partial charge in [0.1, 0.15) is 0 Å². The SMILES string of the molecule is Cn1cccc1CNc1cc(Cl)c(Cl)cc1Cl. The molecule has 0 aliphatic rings. The molecule has 1 aromatic heterocycles. The number of aryl methyl sites for hydroxylation is 1. The highest BCUT2D eigenvalue weighted by Gasteiger charge is 2.06. The van der Waals surface area contributed by atoms with Gasteiger partial charge < -0.3 is 9.88 Å². The number of hydrogen-bond acceptors (Lipinski definition) is 1. The van der Waals surface area contributed by atoms with Crippen molar-refractivity contribution in [1.29, 1.82) is 0 Å². The third-order valence-electron chi connectivity index (χ3n) is 2.52. The highest BCUT2D eigenvalue weighted by molar-refractivity contribution is 6.44. The van der Waals surface area contributed by atoms with E-state index in [1.807, 2.05) is 29.9 Å². The second kappa shape index (κ2) is 5.21. The maximum Gasteiger partial charge on any atom is 0.0653 e. The number of nitrogens with one attached hydrogen (secondary N) is 1. The van der Waals surface area contributed by atoms with E-state index in [1.165, 1.54) is 0 Å². The number of rotatable bonds is 3. The molecule has 0 aliphatic carbocycles. The Balaban J connectivity index is 2.14. The molecule has 17 heavy (non-hydrogen) atoms. The van der Waals surface area contributed by atoms with Crippen LogP contribution in [0.1, 0.15) is 5.69 Å². The Hall–Kier alpha value is -0.830. The summed E-state index contributed by atoms with van der Waals surface area (Å²) in [5.74, 6) is 0. The molecule has 1 heterocycles. The van der Waals surface area contributed by atoms with Gasteiger partial charge in [0.05, 0.1) is 27.3 Å². The Morgan fingerprint density at radius 2 is 1.82 bits per heavy atom. The van der Waals surface area contributed by atoms with Crippen LogP contribution in [-0.2, 0) is 13.6 Å². The minimum absolute atomic E-state index is 0.459. The normalized spacial score (nSPS) is 10.6. The van der Waals surface area contributed by atoms with Gasteiger partial charge in [-0.25, -0.2) is 0 Å². The molecular formula is C12H11Cl3N2. The van der Waals surface area contributed by atoms with Crippen molar-refractivity contribution in [3.05, 3.63) is 51.2 Å². The smallest absolute Gasteiger partial charge is 0.0653 e. The first kappa shape index (κ1) is 12.6. The van der Waals surface area contributed by atoms with Gasteiger partial charge in [0.2, 0.25) is 0 Å². The van der Waals surface area contributed by atoms with Gasteiger partial charge in [0, 0.05) is 18.9 Å². The zero-order chi connectivity index (χ0) is 12.4. The van der Waals surface area contributed by atoms with E-state index < -0.39 is 0 Å². The number of nitrogens with zero attached hydrogens (tertiary/aromatic N) is 1. The summed E-state index contributed by atoms with van der Waals surface area (Å²) in [6.45, 7) is 0.682. The molecule has 0 unspecified atom stereocenters. The first-order valence-corrected chi connectivity index (χ1v) is 6.20. The van der Waals surface area contributed by atoms with Crippen LogP contribution in [0, 0.1) is 0 Å². The van der Waals surface area contributed by atoms with E-state index >= 15 is 0 Å². The van der Waals surface area contributed by atoms with Crippen molar-refractivity contribution >= 4 is 40.5 Å². The molecule has 0 spiro atoms. The van der Waals surface area contributed by atoms with Crippen molar-refractivity contribution in [3.8, 4) is 0 Å². The molecule has 0 aliphatic heterocycles. The molecule has 0 bridgehead atoms. The van der Waals surface area contributed by atoms with Crippen LogP contribution in [0.25, 0.3) is 0 Å². The second-order valence-corrected chi connectivity index (χ2v) is 4.93. The van der Waals surface area contributed by atoms with E-state index in [0.717, 1.165) is 11.4 Å². The van der Waals surface area contributed by atoms with Crippen LogP contribution in [0.3, 0.4) is 0 Å². The number of aromatic nitrogens is 1. The van der Waals surface area contributed by atoms with Gasteiger partial charge >= 0.3 is 0 Å². The lowest BCUT2D eigenvalue weighted by molar-refractivity contribution is 0.842. The zero-order valence-corrected chi connectivity index (χ0v) is 11.4. The summed E-state index contributed by atoms with van der Waals surface area (Å²) in [6.07, 6.45) is 1.99. The van der Waals surface area contributed by atoms with Crippen molar-refractivity contribution in [2.24, 2.45) is 7.05 Å². The van der Waals surface area contributed by atoms with Gasteiger partial charge in [0.15, 0.2) is 0 Å². The van der Waals surface area contributed by atoms with Crippen molar-refractivity contribution in [1.82, 2.24) is 4.57 Å². The van der Waals surface area contributed by atoms with E-state index in [2.05, 4.69) is 5.32 Å². The third kappa shape index (κ3) is 2.89. The molecule has 2 aromatic rings. The van der Waals surface area contributed by atoms with Crippen molar-refractivity contribution in [2.75, 3.05) is 5.32 Å². The van der Waals surface area contributed by atoms with Gasteiger partial charge in [-0.05, 0) is 24.3 Å². The number of anilines is 1. The first-order chi connectivity index (χ1) is 8.08. The Morgan fingerprint density at radius 3 is 2.47 bits per heavy atom. The summed E-state index contributed by atoms with van der Waals surface area (Å²) in [5.41, 5.74) is 1.94. The summed E-state index contributed by atoms with van der Waals surface area (Å²) in [5, 5.41) is 4.74. The molecule has 0 fully saturated rings. The summed E-state index contributed by atoms with van der Waals surface area (Å²) in [6, 6.07) is 7.40. The van der Waals surface area contributed by atoms with Crippen molar-refractivity contribution < 1.29 is 0 Å². The number of benzene rings is 1. The van der Waals surface area contributed by atoms with Gasteiger partial charge in [-0.3, -0.25) is 0 Å². The predicted molar refractivity (Wildman–Crippen MR) is 74.2 cm³/mol. The fourth-order valence-corrected chi connectivity index (χ4v) is 2.14. The molecule has 0 amide bonds. The fraction of sp³-hybridized carbons (Fsp3) is 0.167. The third-order valence-corrected chi connectivity index (χ3v) is 3.56. The highest BCUT2D eigenvalue weighted by atomic mass is 35.5. The molecule has 0 radical (unpaired) electrons. The van der Waals surface area contributed by atoms with Crippen LogP contribution >= 0.6 is 34.8 Å². The molecule has 2 rings (SSSR count). The fourth-order valence-electron chi connectivity index (χ4n) is 1.52. The maximum absolute atomic E-state index is 6.07. The lowest BCUT2D eigenvalue weighted by Crippen LogP contribution is -2.04. The van der Waals surface area contributed by atoms with E-state index in [0.29, 0.717) is 21.6 Å². The molecule has 1 aromatic carbocycles. The van der Waals surface area contributed by atoms with Crippen LogP contribution < -0.4 is 5.32 Å². The molecular weight excluding hydrogens is 279 g/mol. The van der Waals surface area contributed by atoms with Crippen LogP contribution in [-0.4, -0.2) is 4.57 Å². The molecule has 1 N–H and O–H groups in total. The molecule has 0 atom stereocenters. The van der Waals surface area contributed by atoms with E-state index in [4.69, 9.17) is 34.8 Å². The Labute approximate surface area is 115 Å². The summed E-state index contributed by atoms with van der Waals surface area (Å²) in [7, 11) is 1.99. The van der Waals surface area contributed by atoms with E-state index in [9.17, 15) is 0 Å². The van der Waals surface area contributed by atoms with Crippen molar-refractivity contribution in [2.45, 2.75) is 6.54 Å². The standard InChI is InChI=1S/C12H11Cl3N2/c1-17-4-2-3-8(17)7-16-12-6-10(14)9(13)5-11(12)15/h2-6,16H,7H2,1H3. The number of halogens is 3. The molecule has 5 heteroatoms. The Kier molecular flexibility index (Phi) is 3.87. The summed E-state index contributed by atoms with van der Waals surface area (Å²) < 4.78 is 2.04. The van der Waals surface area contributed by atoms with Crippen molar-refractivity contribution in [3.63, 3.8) is 0 Å². The van der Waals surface area contributed by atoms with Gasteiger partial charge in [-0.1, -0.05) is 34.8 Å². The maximum atomic E-state index is 6.07. The van der Waals surface area contributed by atoms with Gasteiger partial charge in [0.25, 0.3) is 0 Å². The lowest BCUT2D eigenvalue weighted by Gasteiger charge is -2.10. The molecule has 2 nitrogen and oxygen atoms in total. The Bertz CT molecular complexity index is 535. The van der Waals surface area contributed by atoms with Gasteiger partial charge in [-0.15, -0.1) is 0 Å². The van der Waals surface area contributed by atoms with E-state index in [1.54, 1.807) is 12.1 Å². The number of hydrogen-bond donors (Lipinski definition) is 1. The molecule has 0 saturated carbocycles. The lowest BCUT2D eigenvalue weighted by atomic mass is 10.3. The van der Waals surface area contributed by atoms with E-state index in [-0.39, 0.29) is 0 Å². The minimum Gasteiger partial charge on any atom is -0.378 e. The molecule has 0 saturated heterocycles. The second-order valence-electron chi connectivity index (χ2n) is 3.71. The highest BCUT2D eigenvalue weighted by Crippen LogP contribution is 2.32. The monoisotopic (exact) mass is 288 g/mol. The zero-order valence-electron chi connectivity index (χ0n) is 9.17. The predicted octanol–water partition coefficient (Wildman–Crippen LogP) is 4.60. The van der Waals surface area contributed by atoms with Crippen LogP contribution in [0.2, 0.25) is 15.1 Å². The average molecular weight is 290 g/mol. The quantitative estimate of drug-likeness (QED) is 0.817. The minimum atomic E-state index is 0.459. The first-order valence-electron chi connectivity index (χ1n) is 5.06. The van der Waals surface area contributed by atoms with Crippen LogP contribution in [0.5, 0.6) is 0 Å². The summed E-state index contributed by atoms with van der Waals surface area (Å²) in [4.78, 5) is 0. The average Bonchev–Trinajstić information content (AvgIpc) is 2.68. The summed E-state index contributed by atoms with van der Waals surface area (Å²) >= 11 is 17.9.